The lowest BCUT2D eigenvalue weighted by molar-refractivity contribution is -0.116. The Morgan fingerprint density at radius 3 is 2.77 bits per heavy atom. The van der Waals surface area contributed by atoms with E-state index in [1.54, 1.807) is 31.2 Å². The van der Waals surface area contributed by atoms with Gasteiger partial charge in [0.2, 0.25) is 5.91 Å². The summed E-state index contributed by atoms with van der Waals surface area (Å²) in [4.78, 5) is 23.3. The minimum absolute atomic E-state index is 0.226. The summed E-state index contributed by atoms with van der Waals surface area (Å²) in [6.07, 6.45) is 2.13. The van der Waals surface area contributed by atoms with Crippen molar-refractivity contribution in [3.8, 4) is 0 Å². The molecule has 1 aromatic carbocycles. The van der Waals surface area contributed by atoms with Crippen molar-refractivity contribution in [3.63, 3.8) is 0 Å². The summed E-state index contributed by atoms with van der Waals surface area (Å²) < 4.78 is 18.3. The SMILES string of the molecule is Cc1ccc(NC(=O)CCCNC(=O)c2ccco2)cc1F. The molecule has 1 heterocycles. The van der Waals surface area contributed by atoms with Crippen molar-refractivity contribution in [1.29, 1.82) is 0 Å². The van der Waals surface area contributed by atoms with Crippen LogP contribution in [0.2, 0.25) is 0 Å². The van der Waals surface area contributed by atoms with Gasteiger partial charge in [0.25, 0.3) is 5.91 Å². The molecule has 0 aliphatic heterocycles. The Balaban J connectivity index is 1.69. The van der Waals surface area contributed by atoms with Gasteiger partial charge in [-0.25, -0.2) is 4.39 Å². The van der Waals surface area contributed by atoms with Crippen molar-refractivity contribution in [2.75, 3.05) is 11.9 Å². The summed E-state index contributed by atoms with van der Waals surface area (Å²) in [7, 11) is 0. The number of halogens is 1. The molecule has 2 aromatic rings. The second kappa shape index (κ2) is 7.40. The van der Waals surface area contributed by atoms with Crippen LogP contribution in [0.25, 0.3) is 0 Å². The number of carbonyl (C=O) groups is 2. The normalized spacial score (nSPS) is 10.3. The Kier molecular flexibility index (Phi) is 5.30. The van der Waals surface area contributed by atoms with Gasteiger partial charge in [0.15, 0.2) is 5.76 Å². The highest BCUT2D eigenvalue weighted by atomic mass is 19.1. The molecular formula is C16H17FN2O3. The molecule has 0 fully saturated rings. The van der Waals surface area contributed by atoms with E-state index < -0.39 is 0 Å². The van der Waals surface area contributed by atoms with Gasteiger partial charge >= 0.3 is 0 Å². The van der Waals surface area contributed by atoms with Crippen LogP contribution in [0.3, 0.4) is 0 Å². The van der Waals surface area contributed by atoms with Crippen molar-refractivity contribution in [3.05, 3.63) is 53.7 Å². The number of benzene rings is 1. The molecule has 0 atom stereocenters. The second-order valence-electron chi connectivity index (χ2n) is 4.85. The summed E-state index contributed by atoms with van der Waals surface area (Å²) in [5, 5.41) is 5.26. The molecule has 0 saturated carbocycles. The molecule has 5 nitrogen and oxygen atoms in total. The van der Waals surface area contributed by atoms with Gasteiger partial charge in [-0.2, -0.15) is 0 Å². The van der Waals surface area contributed by atoms with E-state index in [9.17, 15) is 14.0 Å². The fourth-order valence-corrected chi connectivity index (χ4v) is 1.84. The third kappa shape index (κ3) is 4.44. The summed E-state index contributed by atoms with van der Waals surface area (Å²) in [6.45, 7) is 2.01. The van der Waals surface area contributed by atoms with Gasteiger partial charge in [-0.1, -0.05) is 6.07 Å². The third-order valence-electron chi connectivity index (χ3n) is 3.07. The maximum Gasteiger partial charge on any atom is 0.286 e. The summed E-state index contributed by atoms with van der Waals surface area (Å²) >= 11 is 0. The molecule has 116 valence electrons. The van der Waals surface area contributed by atoms with Crippen molar-refractivity contribution < 1.29 is 18.4 Å². The number of hydrogen-bond acceptors (Lipinski definition) is 3. The summed E-state index contributed by atoms with van der Waals surface area (Å²) in [5.41, 5.74) is 0.950. The Morgan fingerprint density at radius 1 is 1.27 bits per heavy atom. The zero-order valence-corrected chi connectivity index (χ0v) is 12.2. The molecule has 2 rings (SSSR count). The van der Waals surface area contributed by atoms with Crippen LogP contribution in [0.15, 0.2) is 41.0 Å². The van der Waals surface area contributed by atoms with Crippen LogP contribution >= 0.6 is 0 Å². The van der Waals surface area contributed by atoms with Crippen LogP contribution in [-0.4, -0.2) is 18.4 Å². The smallest absolute Gasteiger partial charge is 0.286 e. The molecule has 0 aliphatic rings. The van der Waals surface area contributed by atoms with E-state index in [-0.39, 0.29) is 29.8 Å². The van der Waals surface area contributed by atoms with Gasteiger partial charge in [-0.15, -0.1) is 0 Å². The van der Waals surface area contributed by atoms with E-state index in [2.05, 4.69) is 10.6 Å². The average Bonchev–Trinajstić information content (AvgIpc) is 3.01. The van der Waals surface area contributed by atoms with Gasteiger partial charge in [0.1, 0.15) is 5.82 Å². The van der Waals surface area contributed by atoms with E-state index >= 15 is 0 Å². The van der Waals surface area contributed by atoms with Gasteiger partial charge in [0, 0.05) is 18.7 Å². The molecule has 0 aliphatic carbocycles. The average molecular weight is 304 g/mol. The van der Waals surface area contributed by atoms with Crippen LogP contribution in [0, 0.1) is 12.7 Å². The molecule has 2 N–H and O–H groups in total. The first-order chi connectivity index (χ1) is 10.6. The molecule has 0 spiro atoms. The Morgan fingerprint density at radius 2 is 2.09 bits per heavy atom. The second-order valence-corrected chi connectivity index (χ2v) is 4.85. The topological polar surface area (TPSA) is 71.3 Å². The maximum atomic E-state index is 13.4. The van der Waals surface area contributed by atoms with Gasteiger partial charge in [-0.05, 0) is 43.2 Å². The van der Waals surface area contributed by atoms with Crippen molar-refractivity contribution in [2.45, 2.75) is 19.8 Å². The van der Waals surface area contributed by atoms with E-state index in [4.69, 9.17) is 4.42 Å². The Labute approximate surface area is 127 Å². The van der Waals surface area contributed by atoms with Gasteiger partial charge in [0.05, 0.1) is 6.26 Å². The largest absolute Gasteiger partial charge is 0.459 e. The van der Waals surface area contributed by atoms with E-state index in [0.717, 1.165) is 0 Å². The predicted octanol–water partition coefficient (Wildman–Crippen LogP) is 2.88. The fraction of sp³-hybridized carbons (Fsp3) is 0.250. The zero-order valence-electron chi connectivity index (χ0n) is 12.2. The number of rotatable bonds is 6. The monoisotopic (exact) mass is 304 g/mol. The Hall–Kier alpha value is -2.63. The molecule has 22 heavy (non-hydrogen) atoms. The minimum Gasteiger partial charge on any atom is -0.459 e. The predicted molar refractivity (Wildman–Crippen MR) is 80.0 cm³/mol. The van der Waals surface area contributed by atoms with E-state index in [0.29, 0.717) is 24.2 Å². The van der Waals surface area contributed by atoms with Crippen molar-refractivity contribution in [1.82, 2.24) is 5.32 Å². The quantitative estimate of drug-likeness (QED) is 0.806. The van der Waals surface area contributed by atoms with Crippen molar-refractivity contribution in [2.24, 2.45) is 0 Å². The minimum atomic E-state index is -0.358. The van der Waals surface area contributed by atoms with Crippen LogP contribution < -0.4 is 10.6 Å². The lowest BCUT2D eigenvalue weighted by Gasteiger charge is -2.07. The van der Waals surface area contributed by atoms with Crippen LogP contribution in [-0.2, 0) is 4.79 Å². The van der Waals surface area contributed by atoms with Crippen LogP contribution in [0.1, 0.15) is 29.0 Å². The molecule has 0 bridgehead atoms. The number of nitrogens with one attached hydrogen (secondary N) is 2. The third-order valence-corrected chi connectivity index (χ3v) is 3.07. The number of carbonyl (C=O) groups excluding carboxylic acids is 2. The molecule has 2 amide bonds. The van der Waals surface area contributed by atoms with Crippen molar-refractivity contribution >= 4 is 17.5 Å². The zero-order chi connectivity index (χ0) is 15.9. The standard InChI is InChI=1S/C16H17FN2O3/c1-11-6-7-12(10-13(11)17)19-15(20)5-2-8-18-16(21)14-4-3-9-22-14/h3-4,6-7,9-10H,2,5,8H2,1H3,(H,18,21)(H,19,20). The van der Waals surface area contributed by atoms with E-state index in [1.165, 1.54) is 12.3 Å². The number of amides is 2. The number of hydrogen-bond donors (Lipinski definition) is 2. The highest BCUT2D eigenvalue weighted by Gasteiger charge is 2.08. The van der Waals surface area contributed by atoms with Crippen LogP contribution in [0.5, 0.6) is 0 Å². The number of anilines is 1. The molecule has 0 unspecified atom stereocenters. The van der Waals surface area contributed by atoms with E-state index in [1.807, 2.05) is 0 Å². The van der Waals surface area contributed by atoms with Crippen LogP contribution in [0.4, 0.5) is 10.1 Å². The Bertz CT molecular complexity index is 653. The lowest BCUT2D eigenvalue weighted by atomic mass is 10.2. The summed E-state index contributed by atoms with van der Waals surface area (Å²) in [5.74, 6) is -0.662. The fourth-order valence-electron chi connectivity index (χ4n) is 1.84. The molecule has 6 heteroatoms. The highest BCUT2D eigenvalue weighted by molar-refractivity contribution is 5.92. The first-order valence-electron chi connectivity index (χ1n) is 6.94. The highest BCUT2D eigenvalue weighted by Crippen LogP contribution is 2.13. The molecule has 0 radical (unpaired) electrons. The maximum absolute atomic E-state index is 13.4. The molecule has 0 saturated heterocycles. The first kappa shape index (κ1) is 15.8. The first-order valence-corrected chi connectivity index (χ1v) is 6.94. The lowest BCUT2D eigenvalue weighted by Crippen LogP contribution is -2.25. The van der Waals surface area contributed by atoms with Gasteiger partial charge < -0.3 is 15.1 Å². The molecule has 1 aromatic heterocycles. The number of furan rings is 1. The van der Waals surface area contributed by atoms with Gasteiger partial charge in [-0.3, -0.25) is 9.59 Å². The summed E-state index contributed by atoms with van der Waals surface area (Å²) in [6, 6.07) is 7.73. The number of aryl methyl sites for hydroxylation is 1. The molecular weight excluding hydrogens is 287 g/mol.